The van der Waals surface area contributed by atoms with Crippen molar-refractivity contribution in [2.24, 2.45) is 0 Å². The van der Waals surface area contributed by atoms with Gasteiger partial charge in [-0.3, -0.25) is 0 Å². The number of nitriles is 1. The first-order valence-electron chi connectivity index (χ1n) is 5.97. The van der Waals surface area contributed by atoms with Gasteiger partial charge in [-0.15, -0.1) is 0 Å². The summed E-state index contributed by atoms with van der Waals surface area (Å²) in [6, 6.07) is 13.4. The topological polar surface area (TPSA) is 39.9 Å². The lowest BCUT2D eigenvalue weighted by Crippen LogP contribution is -2.22. The summed E-state index contributed by atoms with van der Waals surface area (Å²) in [6.45, 7) is 2.06. The summed E-state index contributed by atoms with van der Waals surface area (Å²) in [5.74, 6) is 0.756. The smallest absolute Gasteiger partial charge is 0.130 e. The Morgan fingerprint density at radius 2 is 2.05 bits per heavy atom. The molecule has 19 heavy (non-hydrogen) atoms. The van der Waals surface area contributed by atoms with E-state index >= 15 is 0 Å². The number of aromatic nitrogens is 1. The van der Waals surface area contributed by atoms with E-state index in [0.717, 1.165) is 16.4 Å². The Kier molecular flexibility index (Phi) is 4.03. The number of anilines is 1. The van der Waals surface area contributed by atoms with Gasteiger partial charge in [-0.05, 0) is 30.7 Å². The summed E-state index contributed by atoms with van der Waals surface area (Å²) in [4.78, 5) is 6.30. The van der Waals surface area contributed by atoms with Gasteiger partial charge in [0.1, 0.15) is 5.82 Å². The second-order valence-electron chi connectivity index (χ2n) is 4.32. The molecule has 0 bridgehead atoms. The maximum atomic E-state index is 8.93. The second kappa shape index (κ2) is 5.73. The molecule has 1 heterocycles. The van der Waals surface area contributed by atoms with Crippen LogP contribution in [-0.2, 0) is 0 Å². The number of halogens is 1. The Morgan fingerprint density at radius 1 is 1.32 bits per heavy atom. The fraction of sp³-hybridized carbons (Fsp3) is 0.200. The largest absolute Gasteiger partial charge is 0.353 e. The minimum Gasteiger partial charge on any atom is -0.353 e. The highest BCUT2D eigenvalue weighted by atomic mass is 35.5. The van der Waals surface area contributed by atoms with Crippen LogP contribution in [0.5, 0.6) is 0 Å². The fourth-order valence-electron chi connectivity index (χ4n) is 1.90. The van der Waals surface area contributed by atoms with Crippen LogP contribution in [-0.4, -0.2) is 12.0 Å². The zero-order valence-corrected chi connectivity index (χ0v) is 11.6. The van der Waals surface area contributed by atoms with Crippen molar-refractivity contribution in [3.05, 3.63) is 58.7 Å². The van der Waals surface area contributed by atoms with E-state index in [9.17, 15) is 0 Å². The molecule has 0 saturated heterocycles. The van der Waals surface area contributed by atoms with Crippen LogP contribution in [0.25, 0.3) is 0 Å². The van der Waals surface area contributed by atoms with Crippen LogP contribution in [0, 0.1) is 11.3 Å². The van der Waals surface area contributed by atoms with Crippen LogP contribution in [0.4, 0.5) is 5.82 Å². The van der Waals surface area contributed by atoms with Gasteiger partial charge < -0.3 is 4.90 Å². The highest BCUT2D eigenvalue weighted by molar-refractivity contribution is 6.31. The Morgan fingerprint density at radius 3 is 2.74 bits per heavy atom. The van der Waals surface area contributed by atoms with E-state index in [1.54, 1.807) is 18.3 Å². The highest BCUT2D eigenvalue weighted by Gasteiger charge is 2.15. The van der Waals surface area contributed by atoms with Crippen molar-refractivity contribution in [3.63, 3.8) is 0 Å². The predicted octanol–water partition coefficient (Wildman–Crippen LogP) is 3.80. The van der Waals surface area contributed by atoms with E-state index in [-0.39, 0.29) is 6.04 Å². The molecule has 2 rings (SSSR count). The molecule has 1 atom stereocenters. The molecule has 2 aromatic rings. The van der Waals surface area contributed by atoms with Gasteiger partial charge in [0, 0.05) is 18.3 Å². The third kappa shape index (κ3) is 2.86. The minimum absolute atomic E-state index is 0.0788. The number of hydrogen-bond donors (Lipinski definition) is 0. The van der Waals surface area contributed by atoms with Crippen molar-refractivity contribution in [2.45, 2.75) is 13.0 Å². The molecule has 0 aliphatic heterocycles. The molecule has 96 valence electrons. The highest BCUT2D eigenvalue weighted by Crippen LogP contribution is 2.28. The zero-order chi connectivity index (χ0) is 13.8. The van der Waals surface area contributed by atoms with E-state index < -0.39 is 0 Å². The SMILES string of the molecule is CC(c1ccccc1Cl)N(C)c1cc(C#N)ccn1. The van der Waals surface area contributed by atoms with Crippen molar-refractivity contribution >= 4 is 17.4 Å². The maximum Gasteiger partial charge on any atom is 0.130 e. The first-order chi connectivity index (χ1) is 9.13. The molecule has 0 fully saturated rings. The quantitative estimate of drug-likeness (QED) is 0.852. The summed E-state index contributed by atoms with van der Waals surface area (Å²) in [6.07, 6.45) is 1.64. The van der Waals surface area contributed by atoms with E-state index in [1.807, 2.05) is 36.2 Å². The molecule has 0 spiro atoms. The Bertz CT molecular complexity index is 619. The van der Waals surface area contributed by atoms with Crippen molar-refractivity contribution < 1.29 is 0 Å². The molecular weight excluding hydrogens is 258 g/mol. The standard InChI is InChI=1S/C15H14ClN3/c1-11(13-5-3-4-6-14(13)16)19(2)15-9-12(10-17)7-8-18-15/h3-9,11H,1-2H3. The van der Waals surface area contributed by atoms with Gasteiger partial charge in [-0.1, -0.05) is 29.8 Å². The molecule has 0 radical (unpaired) electrons. The number of pyridine rings is 1. The molecule has 1 unspecified atom stereocenters. The van der Waals surface area contributed by atoms with Crippen LogP contribution in [0.2, 0.25) is 5.02 Å². The number of nitrogens with zero attached hydrogens (tertiary/aromatic N) is 3. The maximum absolute atomic E-state index is 8.93. The van der Waals surface area contributed by atoms with Crippen LogP contribution in [0.1, 0.15) is 24.1 Å². The molecular formula is C15H14ClN3. The minimum atomic E-state index is 0.0788. The van der Waals surface area contributed by atoms with Crippen LogP contribution >= 0.6 is 11.6 Å². The van der Waals surface area contributed by atoms with Gasteiger partial charge in [-0.25, -0.2) is 4.98 Å². The Hall–Kier alpha value is -2.05. The lowest BCUT2D eigenvalue weighted by molar-refractivity contribution is 0.729. The summed E-state index contributed by atoms with van der Waals surface area (Å²) < 4.78 is 0. The van der Waals surface area contributed by atoms with Gasteiger partial charge >= 0.3 is 0 Å². The molecule has 0 aliphatic rings. The Balaban J connectivity index is 2.31. The molecule has 4 heteroatoms. The number of hydrogen-bond acceptors (Lipinski definition) is 3. The van der Waals surface area contributed by atoms with E-state index in [4.69, 9.17) is 16.9 Å². The molecule has 0 N–H and O–H groups in total. The summed E-state index contributed by atoms with van der Waals surface area (Å²) in [5, 5.41) is 9.66. The molecule has 0 aliphatic carbocycles. The normalized spacial score (nSPS) is 11.7. The molecule has 0 amide bonds. The molecule has 0 saturated carbocycles. The number of benzene rings is 1. The van der Waals surface area contributed by atoms with Crippen molar-refractivity contribution in [3.8, 4) is 6.07 Å². The third-order valence-electron chi connectivity index (χ3n) is 3.17. The van der Waals surface area contributed by atoms with Crippen molar-refractivity contribution in [2.75, 3.05) is 11.9 Å². The summed E-state index contributed by atoms with van der Waals surface area (Å²) in [7, 11) is 1.94. The van der Waals surface area contributed by atoms with Gasteiger partial charge in [-0.2, -0.15) is 5.26 Å². The number of rotatable bonds is 3. The van der Waals surface area contributed by atoms with Crippen LogP contribution < -0.4 is 4.90 Å². The van der Waals surface area contributed by atoms with Crippen LogP contribution in [0.15, 0.2) is 42.6 Å². The average Bonchev–Trinajstić information content (AvgIpc) is 2.46. The van der Waals surface area contributed by atoms with E-state index in [1.165, 1.54) is 0 Å². The zero-order valence-electron chi connectivity index (χ0n) is 10.8. The third-order valence-corrected chi connectivity index (χ3v) is 3.52. The monoisotopic (exact) mass is 271 g/mol. The van der Waals surface area contributed by atoms with Gasteiger partial charge in [0.05, 0.1) is 17.7 Å². The first-order valence-corrected chi connectivity index (χ1v) is 6.34. The fourth-order valence-corrected chi connectivity index (χ4v) is 2.20. The lowest BCUT2D eigenvalue weighted by Gasteiger charge is -2.27. The molecule has 1 aromatic heterocycles. The van der Waals surface area contributed by atoms with E-state index in [2.05, 4.69) is 18.0 Å². The average molecular weight is 272 g/mol. The molecule has 1 aromatic carbocycles. The van der Waals surface area contributed by atoms with Crippen LogP contribution in [0.3, 0.4) is 0 Å². The predicted molar refractivity (Wildman–Crippen MR) is 77.2 cm³/mol. The summed E-state index contributed by atoms with van der Waals surface area (Å²) in [5.41, 5.74) is 1.64. The second-order valence-corrected chi connectivity index (χ2v) is 4.73. The Labute approximate surface area is 118 Å². The summed E-state index contributed by atoms with van der Waals surface area (Å²) >= 11 is 6.21. The van der Waals surface area contributed by atoms with Crippen molar-refractivity contribution in [1.29, 1.82) is 5.26 Å². The lowest BCUT2D eigenvalue weighted by atomic mass is 10.1. The molecule has 3 nitrogen and oxygen atoms in total. The van der Waals surface area contributed by atoms with Gasteiger partial charge in [0.2, 0.25) is 0 Å². The first kappa shape index (κ1) is 13.4. The van der Waals surface area contributed by atoms with Crippen molar-refractivity contribution in [1.82, 2.24) is 4.98 Å². The van der Waals surface area contributed by atoms with Gasteiger partial charge in [0.15, 0.2) is 0 Å². The van der Waals surface area contributed by atoms with E-state index in [0.29, 0.717) is 5.56 Å². The van der Waals surface area contributed by atoms with Gasteiger partial charge in [0.25, 0.3) is 0 Å².